The normalized spacial score (nSPS) is 11.6. The molecule has 0 aliphatic heterocycles. The van der Waals surface area contributed by atoms with Crippen LogP contribution in [0, 0.1) is 0 Å². The fourth-order valence-corrected chi connectivity index (χ4v) is 2.46. The van der Waals surface area contributed by atoms with Gasteiger partial charge < -0.3 is 10.1 Å². The lowest BCUT2D eigenvalue weighted by Gasteiger charge is -2.09. The van der Waals surface area contributed by atoms with Gasteiger partial charge in [-0.2, -0.15) is 13.2 Å². The van der Waals surface area contributed by atoms with Crippen LogP contribution in [0.3, 0.4) is 0 Å². The second kappa shape index (κ2) is 6.04. The van der Waals surface area contributed by atoms with E-state index in [2.05, 4.69) is 9.97 Å². The number of alkyl halides is 3. The van der Waals surface area contributed by atoms with Crippen LogP contribution in [0.4, 0.5) is 13.2 Å². The molecule has 2 N–H and O–H groups in total. The van der Waals surface area contributed by atoms with Crippen LogP contribution in [0.5, 0.6) is 0 Å². The third-order valence-corrected chi connectivity index (χ3v) is 3.63. The van der Waals surface area contributed by atoms with Crippen LogP contribution >= 0.6 is 0 Å². The number of aromatic nitrogens is 2. The van der Waals surface area contributed by atoms with Gasteiger partial charge in [-0.05, 0) is 29.8 Å². The minimum Gasteiger partial charge on any atom is -0.478 e. The highest BCUT2D eigenvalue weighted by Gasteiger charge is 2.30. The lowest BCUT2D eigenvalue weighted by Crippen LogP contribution is -2.13. The standard InChI is InChI=1S/C17H11F3N2O3/c18-17(19,20)11-3-1-2-9(6-11)7-14-21-13-8-10(16(24)25)4-5-12(13)15(23)22-14/h1-6,8H,7H2,(H,24,25)(H,21,22,23). The van der Waals surface area contributed by atoms with Crippen LogP contribution in [0.1, 0.15) is 27.3 Å². The van der Waals surface area contributed by atoms with Gasteiger partial charge in [-0.25, -0.2) is 9.78 Å². The zero-order chi connectivity index (χ0) is 18.2. The Morgan fingerprint density at radius 3 is 2.60 bits per heavy atom. The number of carbonyl (C=O) groups is 1. The molecular weight excluding hydrogens is 337 g/mol. The zero-order valence-corrected chi connectivity index (χ0v) is 12.6. The molecule has 3 rings (SSSR count). The lowest BCUT2D eigenvalue weighted by atomic mass is 10.1. The van der Waals surface area contributed by atoms with Crippen LogP contribution < -0.4 is 5.56 Å². The van der Waals surface area contributed by atoms with Crippen LogP contribution in [-0.4, -0.2) is 21.0 Å². The second-order valence-corrected chi connectivity index (χ2v) is 5.42. The van der Waals surface area contributed by atoms with Gasteiger partial charge in [-0.15, -0.1) is 0 Å². The van der Waals surface area contributed by atoms with Gasteiger partial charge in [-0.1, -0.05) is 18.2 Å². The summed E-state index contributed by atoms with van der Waals surface area (Å²) < 4.78 is 38.3. The molecule has 0 saturated heterocycles. The van der Waals surface area contributed by atoms with Gasteiger partial charge in [0, 0.05) is 6.42 Å². The van der Waals surface area contributed by atoms with Crippen molar-refractivity contribution in [1.29, 1.82) is 0 Å². The summed E-state index contributed by atoms with van der Waals surface area (Å²) in [7, 11) is 0. The van der Waals surface area contributed by atoms with Crippen molar-refractivity contribution in [3.63, 3.8) is 0 Å². The molecule has 1 heterocycles. The number of carboxylic acids is 1. The molecule has 1 aromatic heterocycles. The second-order valence-electron chi connectivity index (χ2n) is 5.42. The smallest absolute Gasteiger partial charge is 0.416 e. The summed E-state index contributed by atoms with van der Waals surface area (Å²) in [6.07, 6.45) is -4.48. The summed E-state index contributed by atoms with van der Waals surface area (Å²) in [5.74, 6) is -1.01. The highest BCUT2D eigenvalue weighted by Crippen LogP contribution is 2.29. The molecule has 0 unspecified atom stereocenters. The highest BCUT2D eigenvalue weighted by molar-refractivity contribution is 5.92. The Hall–Kier alpha value is -3.16. The summed E-state index contributed by atoms with van der Waals surface area (Å²) in [6.45, 7) is 0. The third-order valence-electron chi connectivity index (χ3n) is 3.63. The van der Waals surface area contributed by atoms with Gasteiger partial charge in [0.25, 0.3) is 5.56 Å². The Kier molecular flexibility index (Phi) is 4.03. The summed E-state index contributed by atoms with van der Waals surface area (Å²) >= 11 is 0. The lowest BCUT2D eigenvalue weighted by molar-refractivity contribution is -0.137. The quantitative estimate of drug-likeness (QED) is 0.761. The molecule has 5 nitrogen and oxygen atoms in total. The van der Waals surface area contributed by atoms with Crippen molar-refractivity contribution in [2.45, 2.75) is 12.6 Å². The van der Waals surface area contributed by atoms with E-state index in [1.165, 1.54) is 30.3 Å². The Balaban J connectivity index is 2.02. The van der Waals surface area contributed by atoms with Crippen molar-refractivity contribution in [3.05, 3.63) is 75.3 Å². The first-order valence-electron chi connectivity index (χ1n) is 7.16. The van der Waals surface area contributed by atoms with Crippen LogP contribution in [0.25, 0.3) is 10.9 Å². The molecule has 128 valence electrons. The number of carboxylic acid groups (broad SMARTS) is 1. The molecule has 0 fully saturated rings. The summed E-state index contributed by atoms with van der Waals surface area (Å²) in [6, 6.07) is 8.60. The van der Waals surface area contributed by atoms with Crippen LogP contribution in [-0.2, 0) is 12.6 Å². The van der Waals surface area contributed by atoms with E-state index in [1.54, 1.807) is 0 Å². The molecule has 0 saturated carbocycles. The van der Waals surface area contributed by atoms with Crippen LogP contribution in [0.2, 0.25) is 0 Å². The van der Waals surface area contributed by atoms with E-state index in [0.717, 1.165) is 12.1 Å². The van der Waals surface area contributed by atoms with Crippen molar-refractivity contribution in [1.82, 2.24) is 9.97 Å². The summed E-state index contributed by atoms with van der Waals surface area (Å²) in [4.78, 5) is 29.8. The Bertz CT molecular complexity index is 1030. The van der Waals surface area contributed by atoms with Gasteiger partial charge in [0.1, 0.15) is 5.82 Å². The Morgan fingerprint density at radius 1 is 1.16 bits per heavy atom. The molecule has 0 aliphatic rings. The molecule has 3 aromatic rings. The molecule has 0 radical (unpaired) electrons. The minimum atomic E-state index is -4.46. The van der Waals surface area contributed by atoms with Gasteiger partial charge >= 0.3 is 12.1 Å². The summed E-state index contributed by atoms with van der Waals surface area (Å²) in [5, 5.41) is 9.21. The van der Waals surface area contributed by atoms with Crippen molar-refractivity contribution >= 4 is 16.9 Å². The van der Waals surface area contributed by atoms with Gasteiger partial charge in [0.2, 0.25) is 0 Å². The van der Waals surface area contributed by atoms with E-state index in [9.17, 15) is 22.8 Å². The van der Waals surface area contributed by atoms with E-state index >= 15 is 0 Å². The maximum atomic E-state index is 12.8. The van der Waals surface area contributed by atoms with Crippen LogP contribution in [0.15, 0.2) is 47.3 Å². The number of nitrogens with one attached hydrogen (secondary N) is 1. The zero-order valence-electron chi connectivity index (χ0n) is 12.6. The number of nitrogens with zero attached hydrogens (tertiary/aromatic N) is 1. The average molecular weight is 348 g/mol. The van der Waals surface area contributed by atoms with E-state index in [0.29, 0.717) is 5.56 Å². The van der Waals surface area contributed by atoms with Gasteiger partial charge in [0.05, 0.1) is 22.0 Å². The number of fused-ring (bicyclic) bond motifs is 1. The molecule has 25 heavy (non-hydrogen) atoms. The predicted molar refractivity (Wildman–Crippen MR) is 83.6 cm³/mol. The number of hydrogen-bond donors (Lipinski definition) is 2. The van der Waals surface area contributed by atoms with Gasteiger partial charge in [-0.3, -0.25) is 4.79 Å². The van der Waals surface area contributed by atoms with Crippen molar-refractivity contribution < 1.29 is 23.1 Å². The van der Waals surface area contributed by atoms with Gasteiger partial charge in [0.15, 0.2) is 0 Å². The SMILES string of the molecule is O=C(O)c1ccc2c(=O)[nH]c(Cc3cccc(C(F)(F)F)c3)nc2c1. The summed E-state index contributed by atoms with van der Waals surface area (Å²) in [5.41, 5.74) is -0.807. The molecule has 0 bridgehead atoms. The Labute approximate surface area is 138 Å². The first kappa shape index (κ1) is 16.7. The molecular formula is C17H11F3N2O3. The Morgan fingerprint density at radius 2 is 1.92 bits per heavy atom. The first-order valence-corrected chi connectivity index (χ1v) is 7.16. The number of hydrogen-bond acceptors (Lipinski definition) is 3. The van der Waals surface area contributed by atoms with E-state index in [1.807, 2.05) is 0 Å². The van der Waals surface area contributed by atoms with E-state index in [-0.39, 0.29) is 28.7 Å². The van der Waals surface area contributed by atoms with Crippen molar-refractivity contribution in [2.24, 2.45) is 0 Å². The fraction of sp³-hybridized carbons (Fsp3) is 0.118. The van der Waals surface area contributed by atoms with E-state index in [4.69, 9.17) is 5.11 Å². The predicted octanol–water partition coefficient (Wildman–Crippen LogP) is 3.23. The fourth-order valence-electron chi connectivity index (χ4n) is 2.46. The monoisotopic (exact) mass is 348 g/mol. The van der Waals surface area contributed by atoms with Crippen molar-refractivity contribution in [3.8, 4) is 0 Å². The maximum Gasteiger partial charge on any atom is 0.416 e. The topological polar surface area (TPSA) is 83.0 Å². The molecule has 0 aliphatic carbocycles. The number of rotatable bonds is 3. The number of aromatic carboxylic acids is 1. The minimum absolute atomic E-state index is 0.0214. The number of halogens is 3. The number of H-pyrrole nitrogens is 1. The molecule has 2 aromatic carbocycles. The number of aromatic amines is 1. The molecule has 0 amide bonds. The molecule has 8 heteroatoms. The van der Waals surface area contributed by atoms with Crippen molar-refractivity contribution in [2.75, 3.05) is 0 Å². The maximum absolute atomic E-state index is 12.8. The molecule has 0 atom stereocenters. The molecule has 0 spiro atoms. The average Bonchev–Trinajstić information content (AvgIpc) is 2.53. The largest absolute Gasteiger partial charge is 0.478 e. The highest BCUT2D eigenvalue weighted by atomic mass is 19.4. The van der Waals surface area contributed by atoms with E-state index < -0.39 is 23.3 Å². The third kappa shape index (κ3) is 3.52. The number of benzene rings is 2. The first-order chi connectivity index (χ1) is 11.7.